The molecule has 2 aromatic heterocycles. The summed E-state index contributed by atoms with van der Waals surface area (Å²) in [7, 11) is 0. The number of nitrogens with two attached hydrogens (primary N) is 1. The molecular formula is C11H14N6S. The Kier molecular flexibility index (Phi) is 4.19. The van der Waals surface area contributed by atoms with E-state index in [1.807, 2.05) is 25.1 Å². The van der Waals surface area contributed by atoms with E-state index in [0.29, 0.717) is 18.3 Å². The van der Waals surface area contributed by atoms with Gasteiger partial charge in [-0.15, -0.1) is 10.2 Å². The van der Waals surface area contributed by atoms with Crippen LogP contribution in [0, 0.1) is 0 Å². The third-order valence-electron chi connectivity index (χ3n) is 2.12. The molecule has 0 fully saturated rings. The van der Waals surface area contributed by atoms with Crippen LogP contribution in [0.1, 0.15) is 16.9 Å². The Hall–Kier alpha value is -2.02. The van der Waals surface area contributed by atoms with E-state index in [4.69, 9.17) is 5.73 Å². The summed E-state index contributed by atoms with van der Waals surface area (Å²) in [6, 6.07) is 5.54. The van der Waals surface area contributed by atoms with E-state index >= 15 is 0 Å². The summed E-state index contributed by atoms with van der Waals surface area (Å²) < 4.78 is 0. The molecule has 0 amide bonds. The SMILES string of the molecule is CCc1nnc(CN=C(N)Nc2ccccn2)s1. The van der Waals surface area contributed by atoms with Crippen molar-refractivity contribution in [3.8, 4) is 0 Å². The summed E-state index contributed by atoms with van der Waals surface area (Å²) in [6.45, 7) is 2.48. The monoisotopic (exact) mass is 262 g/mol. The molecule has 0 saturated carbocycles. The first-order chi connectivity index (χ1) is 8.78. The Balaban J connectivity index is 1.93. The van der Waals surface area contributed by atoms with Crippen molar-refractivity contribution in [2.45, 2.75) is 19.9 Å². The molecule has 94 valence electrons. The predicted octanol–water partition coefficient (Wildman–Crippen LogP) is 1.42. The second-order valence-electron chi connectivity index (χ2n) is 3.48. The van der Waals surface area contributed by atoms with Crippen LogP contribution in [-0.2, 0) is 13.0 Å². The number of aryl methyl sites for hydroxylation is 1. The lowest BCUT2D eigenvalue weighted by Crippen LogP contribution is -2.23. The zero-order valence-corrected chi connectivity index (χ0v) is 10.8. The van der Waals surface area contributed by atoms with Gasteiger partial charge in [0.15, 0.2) is 5.96 Å². The zero-order chi connectivity index (χ0) is 12.8. The molecule has 0 atom stereocenters. The highest BCUT2D eigenvalue weighted by atomic mass is 32.1. The van der Waals surface area contributed by atoms with Gasteiger partial charge in [-0.3, -0.25) is 0 Å². The number of rotatable bonds is 4. The van der Waals surface area contributed by atoms with E-state index < -0.39 is 0 Å². The van der Waals surface area contributed by atoms with Crippen molar-refractivity contribution in [2.75, 3.05) is 5.32 Å². The Labute approximate surface area is 109 Å². The van der Waals surface area contributed by atoms with Crippen LogP contribution >= 0.6 is 11.3 Å². The third-order valence-corrected chi connectivity index (χ3v) is 3.17. The zero-order valence-electron chi connectivity index (χ0n) is 10.00. The number of anilines is 1. The van der Waals surface area contributed by atoms with Gasteiger partial charge in [-0.05, 0) is 18.6 Å². The lowest BCUT2D eigenvalue weighted by Gasteiger charge is -2.02. The van der Waals surface area contributed by atoms with Gasteiger partial charge in [0.2, 0.25) is 0 Å². The Morgan fingerprint density at radius 1 is 1.39 bits per heavy atom. The van der Waals surface area contributed by atoms with Crippen LogP contribution in [0.3, 0.4) is 0 Å². The largest absolute Gasteiger partial charge is 0.370 e. The number of hydrogen-bond donors (Lipinski definition) is 2. The van der Waals surface area contributed by atoms with Gasteiger partial charge >= 0.3 is 0 Å². The summed E-state index contributed by atoms with van der Waals surface area (Å²) in [5, 5.41) is 12.8. The lowest BCUT2D eigenvalue weighted by molar-refractivity contribution is 0.921. The Morgan fingerprint density at radius 2 is 2.22 bits per heavy atom. The first kappa shape index (κ1) is 12.4. The van der Waals surface area contributed by atoms with E-state index in [9.17, 15) is 0 Å². The van der Waals surface area contributed by atoms with Crippen LogP contribution in [0.5, 0.6) is 0 Å². The van der Waals surface area contributed by atoms with Gasteiger partial charge in [-0.2, -0.15) is 0 Å². The third kappa shape index (κ3) is 3.49. The minimum absolute atomic E-state index is 0.321. The number of guanidine groups is 1. The van der Waals surface area contributed by atoms with Crippen molar-refractivity contribution in [1.82, 2.24) is 15.2 Å². The topological polar surface area (TPSA) is 89.1 Å². The average molecular weight is 262 g/mol. The average Bonchev–Trinajstić information content (AvgIpc) is 2.85. The molecule has 2 heterocycles. The van der Waals surface area contributed by atoms with Crippen LogP contribution in [0.15, 0.2) is 29.4 Å². The van der Waals surface area contributed by atoms with E-state index in [2.05, 4.69) is 25.5 Å². The molecule has 0 aromatic carbocycles. The Morgan fingerprint density at radius 3 is 2.89 bits per heavy atom. The summed E-state index contributed by atoms with van der Waals surface area (Å²) in [5.41, 5.74) is 5.75. The summed E-state index contributed by atoms with van der Waals surface area (Å²) in [5.74, 6) is 0.993. The number of aliphatic imine (C=N–C) groups is 1. The molecule has 6 nitrogen and oxygen atoms in total. The second-order valence-corrected chi connectivity index (χ2v) is 4.63. The van der Waals surface area contributed by atoms with Gasteiger partial charge < -0.3 is 11.1 Å². The van der Waals surface area contributed by atoms with Crippen LogP contribution in [0.25, 0.3) is 0 Å². The fourth-order valence-electron chi connectivity index (χ4n) is 1.26. The molecule has 0 aliphatic rings. The summed E-state index contributed by atoms with van der Waals surface area (Å²) >= 11 is 1.55. The molecule has 7 heteroatoms. The van der Waals surface area contributed by atoms with Crippen LogP contribution in [0.2, 0.25) is 0 Å². The number of hydrogen-bond acceptors (Lipinski definition) is 5. The van der Waals surface area contributed by atoms with Crippen molar-refractivity contribution in [3.05, 3.63) is 34.4 Å². The van der Waals surface area contributed by atoms with Crippen molar-refractivity contribution >= 4 is 23.1 Å². The molecule has 0 bridgehead atoms. The van der Waals surface area contributed by atoms with Crippen molar-refractivity contribution in [3.63, 3.8) is 0 Å². The fourth-order valence-corrected chi connectivity index (χ4v) is 1.96. The quantitative estimate of drug-likeness (QED) is 0.642. The molecule has 3 N–H and O–H groups in total. The standard InChI is InChI=1S/C11H14N6S/c1-2-9-16-17-10(18-9)7-14-11(12)15-8-5-3-4-6-13-8/h3-6H,2,7H2,1H3,(H3,12,13,14,15). The molecule has 18 heavy (non-hydrogen) atoms. The van der Waals surface area contributed by atoms with E-state index in [0.717, 1.165) is 16.4 Å². The lowest BCUT2D eigenvalue weighted by atomic mass is 10.5. The van der Waals surface area contributed by atoms with Gasteiger partial charge in [-0.25, -0.2) is 9.98 Å². The van der Waals surface area contributed by atoms with Crippen LogP contribution in [0.4, 0.5) is 5.82 Å². The molecular weight excluding hydrogens is 248 g/mol. The minimum Gasteiger partial charge on any atom is -0.370 e. The van der Waals surface area contributed by atoms with Gasteiger partial charge in [0, 0.05) is 6.20 Å². The molecule has 2 aromatic rings. The highest BCUT2D eigenvalue weighted by molar-refractivity contribution is 7.11. The van der Waals surface area contributed by atoms with Gasteiger partial charge in [0.25, 0.3) is 0 Å². The first-order valence-corrected chi connectivity index (χ1v) is 6.39. The van der Waals surface area contributed by atoms with Crippen molar-refractivity contribution in [1.29, 1.82) is 0 Å². The maximum Gasteiger partial charge on any atom is 0.194 e. The van der Waals surface area contributed by atoms with Crippen LogP contribution in [-0.4, -0.2) is 21.1 Å². The van der Waals surface area contributed by atoms with Crippen molar-refractivity contribution < 1.29 is 0 Å². The van der Waals surface area contributed by atoms with Crippen molar-refractivity contribution in [2.24, 2.45) is 10.7 Å². The van der Waals surface area contributed by atoms with Crippen LogP contribution < -0.4 is 11.1 Å². The Bertz CT molecular complexity index is 521. The molecule has 0 aliphatic heterocycles. The molecule has 0 unspecified atom stereocenters. The van der Waals surface area contributed by atoms with Gasteiger partial charge in [-0.1, -0.05) is 24.3 Å². The first-order valence-electron chi connectivity index (χ1n) is 5.57. The second kappa shape index (κ2) is 6.06. The number of nitrogens with one attached hydrogen (secondary N) is 1. The number of nitrogens with zero attached hydrogens (tertiary/aromatic N) is 4. The molecule has 0 radical (unpaired) electrons. The summed E-state index contributed by atoms with van der Waals surface area (Å²) in [6.07, 6.45) is 2.58. The van der Waals surface area contributed by atoms with E-state index in [1.54, 1.807) is 17.5 Å². The number of aromatic nitrogens is 3. The normalized spacial score (nSPS) is 11.5. The number of pyridine rings is 1. The highest BCUT2D eigenvalue weighted by Crippen LogP contribution is 2.10. The maximum atomic E-state index is 5.75. The minimum atomic E-state index is 0.321. The summed E-state index contributed by atoms with van der Waals surface area (Å²) in [4.78, 5) is 8.28. The van der Waals surface area contributed by atoms with Gasteiger partial charge in [0.05, 0.1) is 6.54 Å². The molecule has 0 spiro atoms. The van der Waals surface area contributed by atoms with Gasteiger partial charge in [0.1, 0.15) is 15.8 Å². The highest BCUT2D eigenvalue weighted by Gasteiger charge is 2.01. The fraction of sp³-hybridized carbons (Fsp3) is 0.273. The van der Waals surface area contributed by atoms with E-state index in [-0.39, 0.29) is 0 Å². The predicted molar refractivity (Wildman–Crippen MR) is 72.5 cm³/mol. The van der Waals surface area contributed by atoms with E-state index in [1.165, 1.54) is 0 Å². The molecule has 0 saturated heterocycles. The molecule has 0 aliphatic carbocycles. The maximum absolute atomic E-state index is 5.75. The molecule has 2 rings (SSSR count). The smallest absolute Gasteiger partial charge is 0.194 e.